The highest BCUT2D eigenvalue weighted by Gasteiger charge is 2.27. The van der Waals surface area contributed by atoms with Gasteiger partial charge >= 0.3 is 0 Å². The molecule has 0 amide bonds. The van der Waals surface area contributed by atoms with E-state index in [0.29, 0.717) is 0 Å². The van der Waals surface area contributed by atoms with Crippen molar-refractivity contribution < 1.29 is 17.0 Å². The number of hydrogen-bond donors (Lipinski definition) is 0. The Morgan fingerprint density at radius 3 is 2.62 bits per heavy atom. The Labute approximate surface area is 135 Å². The van der Waals surface area contributed by atoms with Crippen molar-refractivity contribution in [3.8, 4) is 0 Å². The van der Waals surface area contributed by atoms with Gasteiger partial charge in [-0.15, -0.1) is 0 Å². The van der Waals surface area contributed by atoms with Crippen molar-refractivity contribution in [3.05, 3.63) is 35.9 Å². The Bertz CT molecular complexity index is 456. The van der Waals surface area contributed by atoms with Gasteiger partial charge < -0.3 is 12.4 Å². The van der Waals surface area contributed by atoms with Gasteiger partial charge in [-0.25, -0.2) is 0 Å². The van der Waals surface area contributed by atoms with Gasteiger partial charge in [0.05, 0.1) is 26.2 Å². The zero-order valence-electron chi connectivity index (χ0n) is 12.9. The molecule has 2 nitrogen and oxygen atoms in total. The third-order valence-electron chi connectivity index (χ3n) is 4.65. The molecule has 0 atom stereocenters. The lowest BCUT2D eigenvalue weighted by Gasteiger charge is -2.26. The number of aryl methyl sites for hydroxylation is 1. The fraction of sp³-hybridized carbons (Fsp3) is 0.611. The number of hydrogen-bond acceptors (Lipinski definition) is 1. The average molecular weight is 307 g/mol. The summed E-state index contributed by atoms with van der Waals surface area (Å²) in [7, 11) is 0. The molecule has 0 fully saturated rings. The van der Waals surface area contributed by atoms with Crippen LogP contribution in [-0.2, 0) is 6.42 Å². The Morgan fingerprint density at radius 1 is 0.952 bits per heavy atom. The third kappa shape index (κ3) is 4.47. The summed E-state index contributed by atoms with van der Waals surface area (Å²) in [6.07, 6.45) is 9.34. The van der Waals surface area contributed by atoms with Crippen LogP contribution in [0, 0.1) is 0 Å². The third-order valence-corrected chi connectivity index (χ3v) is 4.65. The van der Waals surface area contributed by atoms with Crippen LogP contribution in [-0.4, -0.2) is 41.5 Å². The van der Waals surface area contributed by atoms with Crippen LogP contribution in [0.4, 0.5) is 0 Å². The van der Waals surface area contributed by atoms with Gasteiger partial charge in [-0.2, -0.15) is 0 Å². The summed E-state index contributed by atoms with van der Waals surface area (Å²) in [6, 6.07) is 10.9. The van der Waals surface area contributed by atoms with E-state index in [-0.39, 0.29) is 12.4 Å². The standard InChI is InChI=1S/C18H27N2.ClH/c1-3-9-17(10-4-1)11-7-14-20-16-8-15-19-13-6-2-5-12-18(19)20;/h1,3-4,9-10H,2,5-8,11-16H2;1H/q+1;/p-1. The molecule has 2 heterocycles. The average Bonchev–Trinajstić information content (AvgIpc) is 2.74. The molecule has 0 spiro atoms. The van der Waals surface area contributed by atoms with Crippen LogP contribution in [0.25, 0.3) is 0 Å². The van der Waals surface area contributed by atoms with Gasteiger partial charge in [-0.05, 0) is 37.7 Å². The summed E-state index contributed by atoms with van der Waals surface area (Å²) in [5, 5.41) is 0. The molecule has 0 saturated heterocycles. The molecule has 0 bridgehead atoms. The smallest absolute Gasteiger partial charge is 0.246 e. The van der Waals surface area contributed by atoms with Crippen LogP contribution in [0.2, 0.25) is 0 Å². The van der Waals surface area contributed by atoms with Gasteiger partial charge in [-0.3, -0.25) is 9.48 Å². The van der Waals surface area contributed by atoms with E-state index >= 15 is 0 Å². The second kappa shape index (κ2) is 8.43. The van der Waals surface area contributed by atoms with Gasteiger partial charge in [0, 0.05) is 12.8 Å². The summed E-state index contributed by atoms with van der Waals surface area (Å²) >= 11 is 0. The van der Waals surface area contributed by atoms with Crippen molar-refractivity contribution >= 4 is 5.84 Å². The second-order valence-corrected chi connectivity index (χ2v) is 6.14. The van der Waals surface area contributed by atoms with Crippen molar-refractivity contribution in [2.45, 2.75) is 44.9 Å². The van der Waals surface area contributed by atoms with E-state index in [9.17, 15) is 0 Å². The summed E-state index contributed by atoms with van der Waals surface area (Å²) in [5.41, 5.74) is 1.48. The first-order valence-electron chi connectivity index (χ1n) is 8.33. The minimum atomic E-state index is 0. The largest absolute Gasteiger partial charge is 1.00 e. The van der Waals surface area contributed by atoms with E-state index < -0.39 is 0 Å². The van der Waals surface area contributed by atoms with Crippen molar-refractivity contribution in [1.29, 1.82) is 0 Å². The summed E-state index contributed by atoms with van der Waals surface area (Å²) in [6.45, 7) is 5.11. The molecule has 0 N–H and O–H groups in total. The van der Waals surface area contributed by atoms with Crippen LogP contribution in [0.5, 0.6) is 0 Å². The number of benzene rings is 1. The number of nitrogens with zero attached hydrogens (tertiary/aromatic N) is 2. The highest BCUT2D eigenvalue weighted by Crippen LogP contribution is 2.15. The number of halogens is 1. The second-order valence-electron chi connectivity index (χ2n) is 6.14. The highest BCUT2D eigenvalue weighted by atomic mass is 35.5. The predicted octanol–water partition coefficient (Wildman–Crippen LogP) is 0.314. The Kier molecular flexibility index (Phi) is 6.56. The van der Waals surface area contributed by atoms with Crippen LogP contribution in [0.1, 0.15) is 44.1 Å². The molecule has 116 valence electrons. The molecule has 2 aliphatic heterocycles. The maximum atomic E-state index is 2.68. The summed E-state index contributed by atoms with van der Waals surface area (Å²) < 4.78 is 2.67. The SMILES string of the molecule is [Cl-].c1ccc(CCCN2CCC[N+]3=C2CCCCC3)cc1. The lowest BCUT2D eigenvalue weighted by molar-refractivity contribution is -0.539. The lowest BCUT2D eigenvalue weighted by Crippen LogP contribution is -3.00. The quantitative estimate of drug-likeness (QED) is 0.726. The summed E-state index contributed by atoms with van der Waals surface area (Å²) in [5.74, 6) is 1.65. The molecular formula is C18H27ClN2. The zero-order valence-corrected chi connectivity index (χ0v) is 13.7. The minimum absolute atomic E-state index is 0. The lowest BCUT2D eigenvalue weighted by atomic mass is 10.1. The molecule has 1 aromatic carbocycles. The van der Waals surface area contributed by atoms with E-state index in [1.807, 2.05) is 0 Å². The van der Waals surface area contributed by atoms with Gasteiger partial charge in [0.2, 0.25) is 5.84 Å². The first kappa shape index (κ1) is 16.4. The van der Waals surface area contributed by atoms with Crippen LogP contribution in [0.15, 0.2) is 30.3 Å². The van der Waals surface area contributed by atoms with Crippen LogP contribution < -0.4 is 12.4 Å². The molecule has 21 heavy (non-hydrogen) atoms. The van der Waals surface area contributed by atoms with Crippen LogP contribution in [0.3, 0.4) is 0 Å². The van der Waals surface area contributed by atoms with E-state index in [1.54, 1.807) is 5.84 Å². The van der Waals surface area contributed by atoms with Crippen molar-refractivity contribution in [1.82, 2.24) is 4.90 Å². The molecule has 0 aliphatic carbocycles. The fourth-order valence-electron chi connectivity index (χ4n) is 3.59. The normalized spacial score (nSPS) is 18.8. The number of rotatable bonds is 4. The Balaban J connectivity index is 0.00000161. The van der Waals surface area contributed by atoms with E-state index in [1.165, 1.54) is 76.7 Å². The molecule has 0 unspecified atom stereocenters. The summed E-state index contributed by atoms with van der Waals surface area (Å²) in [4.78, 5) is 2.68. The van der Waals surface area contributed by atoms with E-state index in [4.69, 9.17) is 0 Å². The van der Waals surface area contributed by atoms with Gasteiger partial charge in [0.1, 0.15) is 0 Å². The topological polar surface area (TPSA) is 6.25 Å². The molecule has 1 aromatic rings. The first-order chi connectivity index (χ1) is 9.93. The molecule has 3 rings (SSSR count). The van der Waals surface area contributed by atoms with Gasteiger partial charge in [-0.1, -0.05) is 30.3 Å². The first-order valence-corrected chi connectivity index (χ1v) is 8.33. The molecule has 3 heteroatoms. The molecule has 2 aliphatic rings. The maximum absolute atomic E-state index is 2.68. The van der Waals surface area contributed by atoms with Crippen molar-refractivity contribution in [3.63, 3.8) is 0 Å². The van der Waals surface area contributed by atoms with Crippen LogP contribution >= 0.6 is 0 Å². The van der Waals surface area contributed by atoms with Gasteiger partial charge in [0.15, 0.2) is 0 Å². The van der Waals surface area contributed by atoms with Crippen molar-refractivity contribution in [2.75, 3.05) is 26.2 Å². The Hall–Kier alpha value is -1.02. The predicted molar refractivity (Wildman–Crippen MR) is 84.4 cm³/mol. The fourth-order valence-corrected chi connectivity index (χ4v) is 3.59. The molecule has 0 saturated carbocycles. The van der Waals surface area contributed by atoms with E-state index in [0.717, 1.165) is 0 Å². The minimum Gasteiger partial charge on any atom is -1.00 e. The van der Waals surface area contributed by atoms with Crippen molar-refractivity contribution in [2.24, 2.45) is 0 Å². The molecule has 0 radical (unpaired) electrons. The highest BCUT2D eigenvalue weighted by molar-refractivity contribution is 5.78. The monoisotopic (exact) mass is 306 g/mol. The molecule has 0 aromatic heterocycles. The molecular weight excluding hydrogens is 280 g/mol. The zero-order chi connectivity index (χ0) is 13.6. The Morgan fingerprint density at radius 2 is 1.76 bits per heavy atom. The van der Waals surface area contributed by atoms with Gasteiger partial charge in [0.25, 0.3) is 0 Å². The number of amidine groups is 1. The maximum Gasteiger partial charge on any atom is 0.246 e. The van der Waals surface area contributed by atoms with E-state index in [2.05, 4.69) is 39.8 Å².